The molecule has 9 heteroatoms. The summed E-state index contributed by atoms with van der Waals surface area (Å²) in [6, 6.07) is 8.56. The minimum absolute atomic E-state index is 0.00795. The molecule has 226 valence electrons. The number of nitrogens with zero attached hydrogens (tertiary/aromatic N) is 4. The number of pyridine rings is 1. The standard InChI is InChI=1S/C34H40F2N4O2Si/c1-20(2)43(21(3)4,22(5)6)17-15-25-28(35)14-13-23-10-8-12-26(29(23)25)31-30(36)32-27(18-37-31)33(41)39-34(38-32)42-19-24-11-9-16-40(24)7/h8,10,12-14,18,20-22,24H,9,11,16,19H2,1-7H3,(H,38,39,41)/t24-/m0/s1. The van der Waals surface area contributed by atoms with E-state index in [0.29, 0.717) is 34.2 Å². The molecule has 4 aromatic rings. The van der Waals surface area contributed by atoms with E-state index in [1.165, 1.54) is 12.3 Å². The smallest absolute Gasteiger partial charge is 0.320 e. The maximum atomic E-state index is 16.3. The van der Waals surface area contributed by atoms with Gasteiger partial charge in [-0.2, -0.15) is 9.97 Å². The lowest BCUT2D eigenvalue weighted by Gasteiger charge is -2.38. The number of rotatable bonds is 7. The van der Waals surface area contributed by atoms with Gasteiger partial charge in [0.2, 0.25) is 5.88 Å². The molecular formula is C34H40F2N4O2Si. The predicted molar refractivity (Wildman–Crippen MR) is 171 cm³/mol. The van der Waals surface area contributed by atoms with Gasteiger partial charge >= 0.3 is 6.01 Å². The molecule has 0 spiro atoms. The lowest BCUT2D eigenvalue weighted by Crippen LogP contribution is -2.43. The number of likely N-dealkylation sites (N-methyl/N-ethyl adjacent to an activating group) is 1. The molecule has 0 amide bonds. The first-order valence-corrected chi connectivity index (χ1v) is 17.3. The van der Waals surface area contributed by atoms with Crippen LogP contribution in [0.25, 0.3) is 32.9 Å². The summed E-state index contributed by atoms with van der Waals surface area (Å²) in [6.45, 7) is 14.6. The molecule has 0 aliphatic carbocycles. The van der Waals surface area contributed by atoms with Crippen LogP contribution < -0.4 is 4.74 Å². The zero-order valence-corrected chi connectivity index (χ0v) is 27.0. The summed E-state index contributed by atoms with van der Waals surface area (Å²) < 4.78 is 37.7. The normalized spacial score (nSPS) is 16.0. The van der Waals surface area contributed by atoms with Crippen LogP contribution in [0.15, 0.2) is 36.5 Å². The average molecular weight is 603 g/mol. The Bertz CT molecular complexity index is 1710. The van der Waals surface area contributed by atoms with Gasteiger partial charge < -0.3 is 14.7 Å². The van der Waals surface area contributed by atoms with Crippen LogP contribution in [0.3, 0.4) is 0 Å². The van der Waals surface area contributed by atoms with Crippen molar-refractivity contribution in [3.63, 3.8) is 0 Å². The molecule has 2 aromatic carbocycles. The Labute approximate surface area is 253 Å². The summed E-state index contributed by atoms with van der Waals surface area (Å²) in [5.41, 5.74) is 5.25. The van der Waals surface area contributed by atoms with Crippen LogP contribution in [0, 0.1) is 23.1 Å². The Morgan fingerprint density at radius 1 is 1.05 bits per heavy atom. The highest BCUT2D eigenvalue weighted by atomic mass is 28.3. The van der Waals surface area contributed by atoms with E-state index in [1.54, 1.807) is 18.2 Å². The first-order chi connectivity index (χ1) is 20.5. The molecule has 0 saturated carbocycles. The van der Waals surface area contributed by atoms with Crippen molar-refractivity contribution >= 4 is 29.7 Å². The molecule has 1 atom stereocenters. The third-order valence-corrected chi connectivity index (χ3v) is 15.5. The molecule has 1 N–H and O–H groups in total. The summed E-state index contributed by atoms with van der Waals surface area (Å²) >= 11 is 0. The molecule has 43 heavy (non-hydrogen) atoms. The second-order valence-corrected chi connectivity index (χ2v) is 18.2. The molecule has 0 unspecified atom stereocenters. The zero-order valence-electron chi connectivity index (χ0n) is 26.0. The largest absolute Gasteiger partial charge is 0.493 e. The van der Waals surface area contributed by atoms with Crippen LogP contribution in [0.2, 0.25) is 16.6 Å². The van der Waals surface area contributed by atoms with Gasteiger partial charge in [-0.1, -0.05) is 71.7 Å². The fraction of sp³-hybridized carbons (Fsp3) is 0.441. The van der Waals surface area contributed by atoms with E-state index in [1.807, 2.05) is 13.1 Å². The monoisotopic (exact) mass is 602 g/mol. The van der Waals surface area contributed by atoms with E-state index in [-0.39, 0.29) is 34.2 Å². The molecule has 1 fully saturated rings. The van der Waals surface area contributed by atoms with Gasteiger partial charge in [-0.15, -0.1) is 5.54 Å². The summed E-state index contributed by atoms with van der Waals surface area (Å²) in [5, 5.41) is 11.9. The van der Waals surface area contributed by atoms with Crippen LogP contribution in [0.1, 0.15) is 59.9 Å². The van der Waals surface area contributed by atoms with Crippen molar-refractivity contribution in [2.75, 3.05) is 20.2 Å². The van der Waals surface area contributed by atoms with Gasteiger partial charge in [0.1, 0.15) is 31.7 Å². The SMILES string of the molecule is CC(C)[Si](C#Cc1c(F)ccc2cccc(-c3ncc4c(O)nc(OC[C@@H]5CCCN5C)nc4c3F)c12)(C(C)C)C(C)C. The van der Waals surface area contributed by atoms with Gasteiger partial charge in [0.05, 0.1) is 10.9 Å². The van der Waals surface area contributed by atoms with Gasteiger partial charge in [0.15, 0.2) is 5.82 Å². The molecule has 3 heterocycles. The summed E-state index contributed by atoms with van der Waals surface area (Å²) in [5.74, 6) is 1.65. The Morgan fingerprint density at radius 3 is 2.42 bits per heavy atom. The number of aromatic nitrogens is 3. The molecule has 1 aliphatic rings. The molecule has 1 aliphatic heterocycles. The minimum atomic E-state index is -2.18. The fourth-order valence-electron chi connectivity index (χ4n) is 6.91. The van der Waals surface area contributed by atoms with Crippen molar-refractivity contribution in [1.82, 2.24) is 19.9 Å². The lowest BCUT2D eigenvalue weighted by atomic mass is 9.96. The van der Waals surface area contributed by atoms with Gasteiger partial charge in [0.25, 0.3) is 0 Å². The quantitative estimate of drug-likeness (QED) is 0.171. The summed E-state index contributed by atoms with van der Waals surface area (Å²) in [7, 11) is -0.151. The highest BCUT2D eigenvalue weighted by Gasteiger charge is 2.41. The first-order valence-electron chi connectivity index (χ1n) is 15.1. The second-order valence-electron chi connectivity index (χ2n) is 12.6. The number of ether oxygens (including phenoxy) is 1. The van der Waals surface area contributed by atoms with Crippen molar-refractivity contribution in [2.45, 2.75) is 77.0 Å². The number of fused-ring (bicyclic) bond motifs is 2. The maximum Gasteiger partial charge on any atom is 0.320 e. The molecule has 1 saturated heterocycles. The van der Waals surface area contributed by atoms with Crippen molar-refractivity contribution < 1.29 is 18.6 Å². The summed E-state index contributed by atoms with van der Waals surface area (Å²) in [4.78, 5) is 14.9. The molecule has 2 aromatic heterocycles. The van der Waals surface area contributed by atoms with Crippen LogP contribution in [-0.4, -0.2) is 59.3 Å². The van der Waals surface area contributed by atoms with Crippen molar-refractivity contribution in [2.24, 2.45) is 0 Å². The van der Waals surface area contributed by atoms with E-state index in [0.717, 1.165) is 24.8 Å². The van der Waals surface area contributed by atoms with E-state index >= 15 is 8.78 Å². The molecule has 0 bridgehead atoms. The Kier molecular flexibility index (Phi) is 8.73. The van der Waals surface area contributed by atoms with Crippen molar-refractivity contribution in [3.8, 4) is 34.6 Å². The highest BCUT2D eigenvalue weighted by molar-refractivity contribution is 6.90. The molecule has 5 rings (SSSR count). The fourth-order valence-corrected chi connectivity index (χ4v) is 12.1. The van der Waals surface area contributed by atoms with Gasteiger partial charge in [-0.05, 0) is 54.5 Å². The van der Waals surface area contributed by atoms with E-state index in [4.69, 9.17) is 4.74 Å². The van der Waals surface area contributed by atoms with E-state index in [9.17, 15) is 5.11 Å². The average Bonchev–Trinajstić information content (AvgIpc) is 3.37. The molecular weight excluding hydrogens is 562 g/mol. The van der Waals surface area contributed by atoms with Gasteiger partial charge in [0, 0.05) is 23.2 Å². The predicted octanol–water partition coefficient (Wildman–Crippen LogP) is 7.87. The van der Waals surface area contributed by atoms with Gasteiger partial charge in [-0.3, -0.25) is 4.98 Å². The third kappa shape index (κ3) is 5.59. The van der Waals surface area contributed by atoms with E-state index in [2.05, 4.69) is 72.9 Å². The van der Waals surface area contributed by atoms with Crippen LogP contribution >= 0.6 is 0 Å². The molecule has 6 nitrogen and oxygen atoms in total. The Hall–Kier alpha value is -3.61. The first kappa shape index (κ1) is 30.8. The Balaban J connectivity index is 1.66. The van der Waals surface area contributed by atoms with Crippen LogP contribution in [-0.2, 0) is 0 Å². The molecule has 0 radical (unpaired) electrons. The summed E-state index contributed by atoms with van der Waals surface area (Å²) in [6.07, 6.45) is 3.40. The lowest BCUT2D eigenvalue weighted by molar-refractivity contribution is 0.187. The number of likely N-dealkylation sites (tertiary alicyclic amines) is 1. The van der Waals surface area contributed by atoms with Crippen molar-refractivity contribution in [3.05, 3.63) is 53.7 Å². The third-order valence-electron chi connectivity index (χ3n) is 9.24. The number of halogens is 2. The number of benzene rings is 2. The van der Waals surface area contributed by atoms with Crippen molar-refractivity contribution in [1.29, 1.82) is 0 Å². The van der Waals surface area contributed by atoms with Crippen LogP contribution in [0.4, 0.5) is 8.78 Å². The topological polar surface area (TPSA) is 71.4 Å². The number of hydrogen-bond acceptors (Lipinski definition) is 6. The second kappa shape index (κ2) is 12.2. The zero-order chi connectivity index (χ0) is 31.1. The maximum absolute atomic E-state index is 16.3. The highest BCUT2D eigenvalue weighted by Crippen LogP contribution is 2.41. The number of hydrogen-bond donors (Lipinski definition) is 1. The van der Waals surface area contributed by atoms with Crippen LogP contribution in [0.5, 0.6) is 11.9 Å². The number of aromatic hydroxyl groups is 1. The Morgan fingerprint density at radius 2 is 1.77 bits per heavy atom. The minimum Gasteiger partial charge on any atom is -0.493 e. The van der Waals surface area contributed by atoms with E-state index < -0.39 is 25.6 Å². The van der Waals surface area contributed by atoms with Gasteiger partial charge in [-0.25, -0.2) is 8.78 Å².